The van der Waals surface area contributed by atoms with E-state index >= 15 is 0 Å². The SMILES string of the molecule is COc1ccc(CN2CCc3nc(C(C)C)[nH]c(=O)c3C2)c(OC)c1C. The normalized spacial score (nSPS) is 14.4. The minimum Gasteiger partial charge on any atom is -0.496 e. The van der Waals surface area contributed by atoms with Crippen LogP contribution in [0.5, 0.6) is 11.5 Å². The molecule has 1 aromatic carbocycles. The van der Waals surface area contributed by atoms with Crippen LogP contribution in [0, 0.1) is 6.92 Å². The van der Waals surface area contributed by atoms with E-state index in [1.54, 1.807) is 14.2 Å². The van der Waals surface area contributed by atoms with Crippen molar-refractivity contribution in [1.82, 2.24) is 14.9 Å². The molecule has 6 heteroatoms. The summed E-state index contributed by atoms with van der Waals surface area (Å²) >= 11 is 0. The third-order valence-electron chi connectivity index (χ3n) is 4.97. The van der Waals surface area contributed by atoms with Crippen LogP contribution in [-0.4, -0.2) is 35.6 Å². The van der Waals surface area contributed by atoms with Crippen molar-refractivity contribution in [2.45, 2.75) is 46.2 Å². The highest BCUT2D eigenvalue weighted by atomic mass is 16.5. The summed E-state index contributed by atoms with van der Waals surface area (Å²) in [7, 11) is 3.34. The van der Waals surface area contributed by atoms with Gasteiger partial charge in [-0.1, -0.05) is 19.9 Å². The topological polar surface area (TPSA) is 67.5 Å². The first-order valence-electron chi connectivity index (χ1n) is 8.99. The Morgan fingerprint density at radius 1 is 1.27 bits per heavy atom. The van der Waals surface area contributed by atoms with E-state index in [2.05, 4.69) is 14.9 Å². The molecule has 26 heavy (non-hydrogen) atoms. The molecule has 1 aliphatic rings. The second kappa shape index (κ2) is 7.50. The maximum atomic E-state index is 12.5. The van der Waals surface area contributed by atoms with Gasteiger partial charge in [0.1, 0.15) is 17.3 Å². The molecular formula is C20H27N3O3. The van der Waals surface area contributed by atoms with Gasteiger partial charge in [-0.15, -0.1) is 0 Å². The molecular weight excluding hydrogens is 330 g/mol. The fourth-order valence-corrected chi connectivity index (χ4v) is 3.51. The standard InChI is InChI=1S/C20H27N3O3/c1-12(2)19-21-16-8-9-23(11-15(16)20(24)22-19)10-14-6-7-17(25-4)13(3)18(14)26-5/h6-7,12H,8-11H2,1-5H3,(H,21,22,24). The first-order chi connectivity index (χ1) is 12.4. The van der Waals surface area contributed by atoms with E-state index in [4.69, 9.17) is 9.47 Å². The van der Waals surface area contributed by atoms with Gasteiger partial charge in [-0.3, -0.25) is 9.69 Å². The number of nitrogens with zero attached hydrogens (tertiary/aromatic N) is 2. The third-order valence-corrected chi connectivity index (χ3v) is 4.97. The van der Waals surface area contributed by atoms with Crippen molar-refractivity contribution in [2.75, 3.05) is 20.8 Å². The molecule has 0 bridgehead atoms. The Kier molecular flexibility index (Phi) is 5.32. The fourth-order valence-electron chi connectivity index (χ4n) is 3.51. The van der Waals surface area contributed by atoms with Crippen LogP contribution in [0.1, 0.15) is 48.0 Å². The molecule has 0 spiro atoms. The van der Waals surface area contributed by atoms with E-state index in [1.165, 1.54) is 0 Å². The quantitative estimate of drug-likeness (QED) is 0.891. The Balaban J connectivity index is 1.85. The van der Waals surface area contributed by atoms with Crippen LogP contribution in [-0.2, 0) is 19.5 Å². The van der Waals surface area contributed by atoms with Gasteiger partial charge in [0, 0.05) is 43.1 Å². The fraction of sp³-hybridized carbons (Fsp3) is 0.500. The van der Waals surface area contributed by atoms with Gasteiger partial charge in [-0.05, 0) is 13.0 Å². The third kappa shape index (κ3) is 3.46. The number of hydrogen-bond acceptors (Lipinski definition) is 5. The summed E-state index contributed by atoms with van der Waals surface area (Å²) in [4.78, 5) is 22.3. The summed E-state index contributed by atoms with van der Waals surface area (Å²) in [6.45, 7) is 8.27. The molecule has 6 nitrogen and oxygen atoms in total. The van der Waals surface area contributed by atoms with Crippen molar-refractivity contribution >= 4 is 0 Å². The van der Waals surface area contributed by atoms with Crippen LogP contribution in [0.3, 0.4) is 0 Å². The molecule has 2 aromatic rings. The maximum absolute atomic E-state index is 12.5. The molecule has 0 unspecified atom stereocenters. The number of ether oxygens (including phenoxy) is 2. The Hall–Kier alpha value is -2.34. The van der Waals surface area contributed by atoms with Gasteiger partial charge in [0.15, 0.2) is 0 Å². The highest BCUT2D eigenvalue weighted by molar-refractivity contribution is 5.49. The monoisotopic (exact) mass is 357 g/mol. The zero-order valence-corrected chi connectivity index (χ0v) is 16.2. The smallest absolute Gasteiger partial charge is 0.255 e. The van der Waals surface area contributed by atoms with E-state index in [-0.39, 0.29) is 11.5 Å². The molecule has 1 aliphatic heterocycles. The van der Waals surface area contributed by atoms with Gasteiger partial charge < -0.3 is 14.5 Å². The van der Waals surface area contributed by atoms with E-state index < -0.39 is 0 Å². The number of aromatic amines is 1. The van der Waals surface area contributed by atoms with Crippen molar-refractivity contribution in [1.29, 1.82) is 0 Å². The van der Waals surface area contributed by atoms with Crippen molar-refractivity contribution in [3.05, 3.63) is 50.7 Å². The summed E-state index contributed by atoms with van der Waals surface area (Å²) in [5, 5.41) is 0. The van der Waals surface area contributed by atoms with Gasteiger partial charge in [0.05, 0.1) is 25.5 Å². The number of benzene rings is 1. The molecule has 1 aromatic heterocycles. The van der Waals surface area contributed by atoms with E-state index in [0.717, 1.165) is 59.2 Å². The number of fused-ring (bicyclic) bond motifs is 1. The minimum absolute atomic E-state index is 0.0127. The average Bonchev–Trinajstić information content (AvgIpc) is 2.62. The molecule has 140 valence electrons. The number of methoxy groups -OCH3 is 2. The number of nitrogens with one attached hydrogen (secondary N) is 1. The molecule has 0 radical (unpaired) electrons. The first-order valence-corrected chi connectivity index (χ1v) is 8.99. The molecule has 3 rings (SSSR count). The molecule has 0 saturated carbocycles. The largest absolute Gasteiger partial charge is 0.496 e. The highest BCUT2D eigenvalue weighted by Gasteiger charge is 2.23. The lowest BCUT2D eigenvalue weighted by Gasteiger charge is -2.28. The zero-order chi connectivity index (χ0) is 18.8. The van der Waals surface area contributed by atoms with E-state index in [0.29, 0.717) is 6.54 Å². The predicted octanol–water partition coefficient (Wildman–Crippen LogP) is 2.78. The number of aromatic nitrogens is 2. The summed E-state index contributed by atoms with van der Waals surface area (Å²) < 4.78 is 11.0. The predicted molar refractivity (Wildman–Crippen MR) is 101 cm³/mol. The van der Waals surface area contributed by atoms with Gasteiger partial charge in [-0.25, -0.2) is 4.98 Å². The van der Waals surface area contributed by atoms with Crippen molar-refractivity contribution in [3.63, 3.8) is 0 Å². The minimum atomic E-state index is -0.0127. The van der Waals surface area contributed by atoms with Gasteiger partial charge in [0.2, 0.25) is 0 Å². The Morgan fingerprint density at radius 3 is 2.69 bits per heavy atom. The average molecular weight is 357 g/mol. The van der Waals surface area contributed by atoms with Crippen LogP contribution in [0.15, 0.2) is 16.9 Å². The lowest BCUT2D eigenvalue weighted by Crippen LogP contribution is -2.36. The van der Waals surface area contributed by atoms with Crippen LogP contribution in [0.25, 0.3) is 0 Å². The summed E-state index contributed by atoms with van der Waals surface area (Å²) in [6, 6.07) is 4.00. The van der Waals surface area contributed by atoms with Crippen LogP contribution in [0.4, 0.5) is 0 Å². The summed E-state index contributed by atoms with van der Waals surface area (Å²) in [5.41, 5.74) is 3.79. The number of H-pyrrole nitrogens is 1. The second-order valence-corrected chi connectivity index (χ2v) is 7.08. The lowest BCUT2D eigenvalue weighted by atomic mass is 10.0. The maximum Gasteiger partial charge on any atom is 0.255 e. The lowest BCUT2D eigenvalue weighted by molar-refractivity contribution is 0.237. The second-order valence-electron chi connectivity index (χ2n) is 7.08. The Labute approximate surface area is 154 Å². The highest BCUT2D eigenvalue weighted by Crippen LogP contribution is 2.32. The summed E-state index contributed by atoms with van der Waals surface area (Å²) in [5.74, 6) is 2.65. The molecule has 0 saturated heterocycles. The van der Waals surface area contributed by atoms with Crippen LogP contribution < -0.4 is 15.0 Å². The number of hydrogen-bond donors (Lipinski definition) is 1. The van der Waals surface area contributed by atoms with Crippen molar-refractivity contribution in [2.24, 2.45) is 0 Å². The molecule has 0 amide bonds. The number of rotatable bonds is 5. The van der Waals surface area contributed by atoms with Gasteiger partial charge >= 0.3 is 0 Å². The molecule has 0 fully saturated rings. The van der Waals surface area contributed by atoms with E-state index in [1.807, 2.05) is 32.9 Å². The zero-order valence-electron chi connectivity index (χ0n) is 16.2. The molecule has 1 N–H and O–H groups in total. The van der Waals surface area contributed by atoms with Gasteiger partial charge in [0.25, 0.3) is 5.56 Å². The molecule has 0 aliphatic carbocycles. The van der Waals surface area contributed by atoms with Crippen molar-refractivity contribution in [3.8, 4) is 11.5 Å². The van der Waals surface area contributed by atoms with Crippen molar-refractivity contribution < 1.29 is 9.47 Å². The Bertz CT molecular complexity index is 858. The Morgan fingerprint density at radius 2 is 2.04 bits per heavy atom. The molecule has 2 heterocycles. The van der Waals surface area contributed by atoms with Crippen LogP contribution >= 0.6 is 0 Å². The van der Waals surface area contributed by atoms with Gasteiger partial charge in [-0.2, -0.15) is 0 Å². The first kappa shape index (κ1) is 18.5. The van der Waals surface area contributed by atoms with E-state index in [9.17, 15) is 4.79 Å². The summed E-state index contributed by atoms with van der Waals surface area (Å²) in [6.07, 6.45) is 0.788. The molecule has 0 atom stereocenters. The van der Waals surface area contributed by atoms with Crippen LogP contribution in [0.2, 0.25) is 0 Å².